The van der Waals surface area contributed by atoms with Gasteiger partial charge < -0.3 is 4.42 Å². The van der Waals surface area contributed by atoms with Crippen molar-refractivity contribution in [1.29, 1.82) is 0 Å². The topological polar surface area (TPSA) is 54.7 Å². The molecule has 19 heavy (non-hydrogen) atoms. The molecule has 0 unspecified atom stereocenters. The van der Waals surface area contributed by atoms with Gasteiger partial charge in [-0.15, -0.1) is 5.10 Å². The number of hydrogen-bond acceptors (Lipinski definition) is 4. The summed E-state index contributed by atoms with van der Waals surface area (Å²) >= 11 is 7.63. The van der Waals surface area contributed by atoms with Crippen LogP contribution in [0.3, 0.4) is 0 Å². The first-order valence-corrected chi connectivity index (χ1v) is 7.02. The Labute approximate surface area is 119 Å². The van der Waals surface area contributed by atoms with E-state index in [0.29, 0.717) is 16.7 Å². The highest BCUT2D eigenvalue weighted by molar-refractivity contribution is 7.98. The number of nitrogens with zero attached hydrogens (tertiary/aromatic N) is 2. The molecule has 4 nitrogen and oxygen atoms in total. The van der Waals surface area contributed by atoms with Crippen LogP contribution in [0.15, 0.2) is 52.2 Å². The summed E-state index contributed by atoms with van der Waals surface area (Å²) < 4.78 is 5.25. The van der Waals surface area contributed by atoms with Gasteiger partial charge in [-0.25, -0.2) is 0 Å². The molecule has 0 spiro atoms. The van der Waals surface area contributed by atoms with Crippen molar-refractivity contribution < 1.29 is 4.42 Å². The van der Waals surface area contributed by atoms with Gasteiger partial charge in [0.1, 0.15) is 0 Å². The zero-order chi connectivity index (χ0) is 13.1. The number of rotatable bonds is 4. The van der Waals surface area contributed by atoms with Gasteiger partial charge in [-0.1, -0.05) is 41.6 Å². The van der Waals surface area contributed by atoms with E-state index in [4.69, 9.17) is 16.0 Å². The molecule has 96 valence electrons. The second kappa shape index (κ2) is 5.50. The molecule has 0 saturated heterocycles. The van der Waals surface area contributed by atoms with Crippen LogP contribution in [0.4, 0.5) is 0 Å². The van der Waals surface area contributed by atoms with E-state index >= 15 is 0 Å². The van der Waals surface area contributed by atoms with E-state index in [9.17, 15) is 0 Å². The SMILES string of the molecule is Clc1ccccc1CSc1n[nH]c(-c2ccco2)n1. The summed E-state index contributed by atoms with van der Waals surface area (Å²) in [7, 11) is 0. The zero-order valence-corrected chi connectivity index (χ0v) is 11.4. The molecule has 0 radical (unpaired) electrons. The summed E-state index contributed by atoms with van der Waals surface area (Å²) in [6.07, 6.45) is 1.61. The highest BCUT2D eigenvalue weighted by Crippen LogP contribution is 2.25. The molecule has 0 bridgehead atoms. The van der Waals surface area contributed by atoms with E-state index in [-0.39, 0.29) is 0 Å². The summed E-state index contributed by atoms with van der Waals surface area (Å²) in [6, 6.07) is 11.4. The van der Waals surface area contributed by atoms with E-state index in [0.717, 1.165) is 16.3 Å². The van der Waals surface area contributed by atoms with Crippen molar-refractivity contribution in [2.24, 2.45) is 0 Å². The van der Waals surface area contributed by atoms with Crippen LogP contribution in [0.1, 0.15) is 5.56 Å². The van der Waals surface area contributed by atoms with Crippen LogP contribution in [0.2, 0.25) is 5.02 Å². The minimum atomic E-state index is 0.631. The predicted octanol–water partition coefficient (Wildman–Crippen LogP) is 4.01. The maximum atomic E-state index is 6.10. The second-order valence-corrected chi connectivity index (χ2v) is 5.17. The van der Waals surface area contributed by atoms with Crippen LogP contribution in [0.5, 0.6) is 0 Å². The Balaban J connectivity index is 1.70. The van der Waals surface area contributed by atoms with Gasteiger partial charge >= 0.3 is 0 Å². The third kappa shape index (κ3) is 2.83. The van der Waals surface area contributed by atoms with E-state index in [1.807, 2.05) is 36.4 Å². The van der Waals surface area contributed by atoms with E-state index in [1.54, 1.807) is 6.26 Å². The van der Waals surface area contributed by atoms with Gasteiger partial charge in [0.05, 0.1) is 6.26 Å². The molecule has 3 aromatic rings. The van der Waals surface area contributed by atoms with Crippen LogP contribution < -0.4 is 0 Å². The minimum Gasteiger partial charge on any atom is -0.461 e. The number of aromatic amines is 1. The number of H-pyrrole nitrogens is 1. The summed E-state index contributed by atoms with van der Waals surface area (Å²) in [5, 5.41) is 8.42. The zero-order valence-electron chi connectivity index (χ0n) is 9.84. The summed E-state index contributed by atoms with van der Waals surface area (Å²) in [5.41, 5.74) is 1.07. The normalized spacial score (nSPS) is 10.8. The van der Waals surface area contributed by atoms with E-state index in [1.165, 1.54) is 11.8 Å². The van der Waals surface area contributed by atoms with Gasteiger partial charge in [-0.05, 0) is 23.8 Å². The number of furan rings is 1. The lowest BCUT2D eigenvalue weighted by Crippen LogP contribution is -1.83. The molecule has 6 heteroatoms. The molecule has 0 atom stereocenters. The van der Waals surface area contributed by atoms with Crippen molar-refractivity contribution in [2.45, 2.75) is 10.9 Å². The summed E-state index contributed by atoms with van der Waals surface area (Å²) in [4.78, 5) is 4.36. The highest BCUT2D eigenvalue weighted by atomic mass is 35.5. The van der Waals surface area contributed by atoms with Gasteiger partial charge in [0.25, 0.3) is 0 Å². The van der Waals surface area contributed by atoms with Crippen molar-refractivity contribution >= 4 is 23.4 Å². The molecular formula is C13H10ClN3OS. The first kappa shape index (κ1) is 12.3. The van der Waals surface area contributed by atoms with Gasteiger partial charge in [-0.2, -0.15) is 4.98 Å². The summed E-state index contributed by atoms with van der Waals surface area (Å²) in [6.45, 7) is 0. The maximum Gasteiger partial charge on any atom is 0.209 e. The number of thioether (sulfide) groups is 1. The third-order valence-corrected chi connectivity index (χ3v) is 3.80. The maximum absolute atomic E-state index is 6.10. The van der Waals surface area contributed by atoms with Crippen molar-refractivity contribution in [3.05, 3.63) is 53.2 Å². The van der Waals surface area contributed by atoms with Gasteiger partial charge in [0.15, 0.2) is 11.6 Å². The van der Waals surface area contributed by atoms with Crippen LogP contribution in [-0.4, -0.2) is 15.2 Å². The van der Waals surface area contributed by atoms with Crippen molar-refractivity contribution in [3.63, 3.8) is 0 Å². The number of hydrogen-bond donors (Lipinski definition) is 1. The average Bonchev–Trinajstić information content (AvgIpc) is 3.09. The number of nitrogens with one attached hydrogen (secondary N) is 1. The lowest BCUT2D eigenvalue weighted by Gasteiger charge is -2.00. The molecular weight excluding hydrogens is 282 g/mol. The standard InChI is InChI=1S/C13H10ClN3OS/c14-10-5-2-1-4-9(10)8-19-13-15-12(16-17-13)11-6-3-7-18-11/h1-7H,8H2,(H,15,16,17). The highest BCUT2D eigenvalue weighted by Gasteiger charge is 2.09. The molecule has 0 aliphatic rings. The molecule has 2 aromatic heterocycles. The van der Waals surface area contributed by atoms with Crippen molar-refractivity contribution in [2.75, 3.05) is 0 Å². The fraction of sp³-hybridized carbons (Fsp3) is 0.0769. The Morgan fingerprint density at radius 1 is 1.21 bits per heavy atom. The summed E-state index contributed by atoms with van der Waals surface area (Å²) in [5.74, 6) is 2.04. The Bertz CT molecular complexity index is 666. The van der Waals surface area contributed by atoms with Gasteiger partial charge in [0.2, 0.25) is 5.16 Å². The number of halogens is 1. The molecule has 0 fully saturated rings. The molecule has 2 heterocycles. The van der Waals surface area contributed by atoms with Crippen LogP contribution in [0, 0.1) is 0 Å². The fourth-order valence-electron chi connectivity index (χ4n) is 1.59. The Kier molecular flexibility index (Phi) is 3.57. The molecule has 1 aromatic carbocycles. The van der Waals surface area contributed by atoms with Crippen molar-refractivity contribution in [3.8, 4) is 11.6 Å². The lowest BCUT2D eigenvalue weighted by molar-refractivity contribution is 0.577. The van der Waals surface area contributed by atoms with Crippen LogP contribution >= 0.6 is 23.4 Å². The van der Waals surface area contributed by atoms with Crippen molar-refractivity contribution in [1.82, 2.24) is 15.2 Å². The minimum absolute atomic E-state index is 0.631. The van der Waals surface area contributed by atoms with E-state index in [2.05, 4.69) is 15.2 Å². The Morgan fingerprint density at radius 2 is 2.11 bits per heavy atom. The number of aromatic nitrogens is 3. The fourth-order valence-corrected chi connectivity index (χ4v) is 2.68. The molecule has 1 N–H and O–H groups in total. The average molecular weight is 292 g/mol. The van der Waals surface area contributed by atoms with Crippen LogP contribution in [0.25, 0.3) is 11.6 Å². The van der Waals surface area contributed by atoms with Gasteiger partial charge in [-0.3, -0.25) is 5.10 Å². The number of benzene rings is 1. The molecule has 0 aliphatic carbocycles. The predicted molar refractivity (Wildman–Crippen MR) is 75.1 cm³/mol. The quantitative estimate of drug-likeness (QED) is 0.738. The van der Waals surface area contributed by atoms with Crippen LogP contribution in [-0.2, 0) is 5.75 Å². The third-order valence-electron chi connectivity index (χ3n) is 2.53. The second-order valence-electron chi connectivity index (χ2n) is 3.82. The molecule has 0 saturated carbocycles. The lowest BCUT2D eigenvalue weighted by atomic mass is 10.2. The van der Waals surface area contributed by atoms with E-state index < -0.39 is 0 Å². The smallest absolute Gasteiger partial charge is 0.209 e. The Hall–Kier alpha value is -1.72. The Morgan fingerprint density at radius 3 is 2.89 bits per heavy atom. The molecule has 0 amide bonds. The molecule has 0 aliphatic heterocycles. The monoisotopic (exact) mass is 291 g/mol. The first-order chi connectivity index (χ1) is 9.33. The first-order valence-electron chi connectivity index (χ1n) is 5.65. The molecule has 3 rings (SSSR count). The van der Waals surface area contributed by atoms with Gasteiger partial charge in [0, 0.05) is 10.8 Å². The largest absolute Gasteiger partial charge is 0.461 e.